The van der Waals surface area contributed by atoms with Gasteiger partial charge in [-0.25, -0.2) is 9.97 Å². The van der Waals surface area contributed by atoms with Crippen molar-refractivity contribution in [3.05, 3.63) is 23.1 Å². The largest absolute Gasteiger partial charge is 0.329 e. The van der Waals surface area contributed by atoms with Crippen molar-refractivity contribution < 1.29 is 0 Å². The number of fused-ring (bicyclic) bond motifs is 1. The van der Waals surface area contributed by atoms with Gasteiger partial charge in [0.05, 0.1) is 5.02 Å². The minimum atomic E-state index is 0.597. The Morgan fingerprint density at radius 1 is 1.50 bits per heavy atom. The molecule has 2 N–H and O–H groups in total. The molecule has 0 amide bonds. The second-order valence-electron chi connectivity index (χ2n) is 4.18. The third-order valence-corrected chi connectivity index (χ3v) is 3.08. The van der Waals surface area contributed by atoms with E-state index < -0.39 is 0 Å². The van der Waals surface area contributed by atoms with Gasteiger partial charge < -0.3 is 10.3 Å². The minimum absolute atomic E-state index is 0.597. The first-order chi connectivity index (χ1) is 7.79. The van der Waals surface area contributed by atoms with Gasteiger partial charge in [0.1, 0.15) is 11.3 Å². The van der Waals surface area contributed by atoms with E-state index in [9.17, 15) is 0 Å². The summed E-state index contributed by atoms with van der Waals surface area (Å²) in [6, 6.07) is 1.86. The summed E-state index contributed by atoms with van der Waals surface area (Å²) in [7, 11) is 0. The second-order valence-corrected chi connectivity index (χ2v) is 4.62. The molecule has 1 aliphatic carbocycles. The number of aromatic nitrogens is 3. The predicted molar refractivity (Wildman–Crippen MR) is 63.6 cm³/mol. The number of nitrogens with two attached hydrogens (primary N) is 1. The van der Waals surface area contributed by atoms with Gasteiger partial charge in [-0.3, -0.25) is 0 Å². The molecule has 0 aromatic carbocycles. The van der Waals surface area contributed by atoms with Crippen molar-refractivity contribution in [3.63, 3.8) is 0 Å². The van der Waals surface area contributed by atoms with Crippen LogP contribution < -0.4 is 5.73 Å². The number of rotatable bonds is 3. The zero-order valence-electron chi connectivity index (χ0n) is 8.86. The molecule has 1 fully saturated rings. The SMILES string of the molecule is NCCn1c(C2CC2)nc2cc(Cl)cnc21. The van der Waals surface area contributed by atoms with E-state index in [-0.39, 0.29) is 0 Å². The maximum absolute atomic E-state index is 5.92. The van der Waals surface area contributed by atoms with E-state index >= 15 is 0 Å². The molecule has 0 radical (unpaired) electrons. The Hall–Kier alpha value is -1.13. The zero-order valence-corrected chi connectivity index (χ0v) is 9.61. The van der Waals surface area contributed by atoms with Gasteiger partial charge in [0.25, 0.3) is 0 Å². The van der Waals surface area contributed by atoms with Gasteiger partial charge in [-0.15, -0.1) is 0 Å². The normalized spacial score (nSPS) is 15.9. The van der Waals surface area contributed by atoms with Gasteiger partial charge in [-0.05, 0) is 18.9 Å². The Morgan fingerprint density at radius 3 is 3.00 bits per heavy atom. The molecule has 0 saturated heterocycles. The van der Waals surface area contributed by atoms with Crippen LogP contribution in [0.2, 0.25) is 5.02 Å². The lowest BCUT2D eigenvalue weighted by Gasteiger charge is -2.05. The minimum Gasteiger partial charge on any atom is -0.329 e. The maximum Gasteiger partial charge on any atom is 0.160 e. The number of hydrogen-bond donors (Lipinski definition) is 1. The first-order valence-electron chi connectivity index (χ1n) is 5.51. The zero-order chi connectivity index (χ0) is 11.1. The van der Waals surface area contributed by atoms with E-state index in [1.807, 2.05) is 6.07 Å². The lowest BCUT2D eigenvalue weighted by molar-refractivity contribution is 0.675. The third kappa shape index (κ3) is 1.58. The van der Waals surface area contributed by atoms with Crippen LogP contribution in [0.1, 0.15) is 24.6 Å². The fourth-order valence-electron chi connectivity index (χ4n) is 2.01. The van der Waals surface area contributed by atoms with E-state index in [4.69, 9.17) is 17.3 Å². The smallest absolute Gasteiger partial charge is 0.160 e. The summed E-state index contributed by atoms with van der Waals surface area (Å²) >= 11 is 5.92. The molecule has 0 spiro atoms. The molecule has 0 unspecified atom stereocenters. The molecular weight excluding hydrogens is 224 g/mol. The highest BCUT2D eigenvalue weighted by Crippen LogP contribution is 2.40. The van der Waals surface area contributed by atoms with Crippen LogP contribution in [-0.4, -0.2) is 21.1 Å². The van der Waals surface area contributed by atoms with Crippen molar-refractivity contribution in [2.45, 2.75) is 25.3 Å². The molecule has 0 aliphatic heterocycles. The molecule has 1 aliphatic rings. The van der Waals surface area contributed by atoms with E-state index in [1.54, 1.807) is 6.20 Å². The number of halogens is 1. The molecule has 2 aromatic rings. The fourth-order valence-corrected chi connectivity index (χ4v) is 2.16. The fraction of sp³-hybridized carbons (Fsp3) is 0.455. The van der Waals surface area contributed by atoms with Gasteiger partial charge >= 0.3 is 0 Å². The van der Waals surface area contributed by atoms with E-state index in [2.05, 4.69) is 14.5 Å². The van der Waals surface area contributed by atoms with Crippen molar-refractivity contribution in [1.82, 2.24) is 14.5 Å². The highest BCUT2D eigenvalue weighted by Gasteiger charge is 2.29. The Balaban J connectivity index is 2.19. The summed E-state index contributed by atoms with van der Waals surface area (Å²) in [5.74, 6) is 1.72. The molecule has 0 atom stereocenters. The van der Waals surface area contributed by atoms with Gasteiger partial charge in [-0.1, -0.05) is 11.6 Å². The van der Waals surface area contributed by atoms with Crippen LogP contribution in [0.15, 0.2) is 12.3 Å². The highest BCUT2D eigenvalue weighted by atomic mass is 35.5. The van der Waals surface area contributed by atoms with Crippen molar-refractivity contribution in [2.24, 2.45) is 5.73 Å². The second kappa shape index (κ2) is 3.71. The summed E-state index contributed by atoms with van der Waals surface area (Å²) in [6.45, 7) is 1.38. The standard InChI is InChI=1S/C11H13ClN4/c12-8-5-9-11(14-6-8)16(4-3-13)10(15-9)7-1-2-7/h5-7H,1-4,13H2. The summed E-state index contributed by atoms with van der Waals surface area (Å²) in [5.41, 5.74) is 7.41. The Kier molecular flexibility index (Phi) is 2.33. The molecule has 5 heteroatoms. The summed E-state index contributed by atoms with van der Waals surface area (Å²) in [5, 5.41) is 0.632. The molecule has 2 aromatic heterocycles. The molecule has 1 saturated carbocycles. The first kappa shape index (κ1) is 10.1. The molecule has 3 rings (SSSR count). The molecule has 84 valence electrons. The van der Waals surface area contributed by atoms with Gasteiger partial charge in [-0.2, -0.15) is 0 Å². The van der Waals surface area contributed by atoms with E-state index in [0.29, 0.717) is 17.5 Å². The summed E-state index contributed by atoms with van der Waals surface area (Å²) in [6.07, 6.45) is 4.11. The van der Waals surface area contributed by atoms with Crippen LogP contribution in [0.3, 0.4) is 0 Å². The van der Waals surface area contributed by atoms with Gasteiger partial charge in [0.2, 0.25) is 0 Å². The van der Waals surface area contributed by atoms with E-state index in [1.165, 1.54) is 12.8 Å². The first-order valence-corrected chi connectivity index (χ1v) is 5.89. The third-order valence-electron chi connectivity index (χ3n) is 2.88. The Labute approximate surface area is 98.4 Å². The number of nitrogens with zero attached hydrogens (tertiary/aromatic N) is 3. The van der Waals surface area contributed by atoms with Crippen molar-refractivity contribution in [3.8, 4) is 0 Å². The van der Waals surface area contributed by atoms with Crippen molar-refractivity contribution in [2.75, 3.05) is 6.54 Å². The molecule has 0 bridgehead atoms. The lowest BCUT2D eigenvalue weighted by atomic mass is 10.4. The molecule has 4 nitrogen and oxygen atoms in total. The number of imidazole rings is 1. The van der Waals surface area contributed by atoms with Gasteiger partial charge in [0.15, 0.2) is 5.65 Å². The number of pyridine rings is 1. The average Bonchev–Trinajstić information content (AvgIpc) is 3.04. The quantitative estimate of drug-likeness (QED) is 0.886. The molecule has 2 heterocycles. The van der Waals surface area contributed by atoms with Crippen LogP contribution in [0.5, 0.6) is 0 Å². The van der Waals surface area contributed by atoms with Crippen molar-refractivity contribution in [1.29, 1.82) is 0 Å². The number of hydrogen-bond acceptors (Lipinski definition) is 3. The molecule has 16 heavy (non-hydrogen) atoms. The molecular formula is C11H13ClN4. The average molecular weight is 237 g/mol. The van der Waals surface area contributed by atoms with Crippen molar-refractivity contribution >= 4 is 22.8 Å². The van der Waals surface area contributed by atoms with Crippen LogP contribution >= 0.6 is 11.6 Å². The maximum atomic E-state index is 5.92. The van der Waals surface area contributed by atoms with Crippen LogP contribution in [0.4, 0.5) is 0 Å². The van der Waals surface area contributed by atoms with Crippen LogP contribution in [0, 0.1) is 0 Å². The van der Waals surface area contributed by atoms with E-state index in [0.717, 1.165) is 23.5 Å². The highest BCUT2D eigenvalue weighted by molar-refractivity contribution is 6.31. The summed E-state index contributed by atoms with van der Waals surface area (Å²) < 4.78 is 2.13. The Bertz CT molecular complexity index is 530. The monoisotopic (exact) mass is 236 g/mol. The Morgan fingerprint density at radius 2 is 2.31 bits per heavy atom. The lowest BCUT2D eigenvalue weighted by Crippen LogP contribution is -2.12. The topological polar surface area (TPSA) is 56.7 Å². The van der Waals surface area contributed by atoms with Gasteiger partial charge in [0, 0.05) is 25.2 Å². The summed E-state index contributed by atoms with van der Waals surface area (Å²) in [4.78, 5) is 8.96. The van der Waals surface area contributed by atoms with Crippen LogP contribution in [0.25, 0.3) is 11.2 Å². The predicted octanol–water partition coefficient (Wildman–Crippen LogP) is 1.92. The van der Waals surface area contributed by atoms with Crippen LogP contribution in [-0.2, 0) is 6.54 Å².